The molecule has 1 N–H and O–H groups in total. The molecule has 0 heterocycles. The predicted octanol–water partition coefficient (Wildman–Crippen LogP) is 4.06. The number of rotatable bonds is 7. The van der Waals surface area contributed by atoms with Crippen LogP contribution in [0.25, 0.3) is 0 Å². The first kappa shape index (κ1) is 20.1. The molecule has 0 aromatic heterocycles. The summed E-state index contributed by atoms with van der Waals surface area (Å²) in [5, 5.41) is 3.01. The number of unbranched alkanes of at least 4 members (excludes halogenated alkanes) is 3. The number of amides is 1. The van der Waals surface area contributed by atoms with Crippen LogP contribution in [0, 0.1) is 23.2 Å². The third-order valence-corrected chi connectivity index (χ3v) is 5.91. The molecule has 1 amide bonds. The fraction of sp³-hybridized carbons (Fsp3) is 0.857. The summed E-state index contributed by atoms with van der Waals surface area (Å²) in [5.41, 5.74) is -0.242. The Balaban J connectivity index is 1.90. The Morgan fingerprint density at radius 2 is 1.88 bits per heavy atom. The normalized spacial score (nSPS) is 29.0. The van der Waals surface area contributed by atoms with Crippen LogP contribution in [-0.2, 0) is 14.4 Å². The summed E-state index contributed by atoms with van der Waals surface area (Å²) in [6, 6.07) is 0. The monoisotopic (exact) mass is 349 g/mol. The molecule has 0 bridgehead atoms. The minimum absolute atomic E-state index is 0.0718. The van der Waals surface area contributed by atoms with Gasteiger partial charge in [-0.15, -0.1) is 0 Å². The van der Waals surface area contributed by atoms with Gasteiger partial charge in [0.05, 0.1) is 0 Å². The molecule has 0 saturated heterocycles. The van der Waals surface area contributed by atoms with E-state index >= 15 is 0 Å². The van der Waals surface area contributed by atoms with Crippen molar-refractivity contribution in [1.29, 1.82) is 0 Å². The Kier molecular flexibility index (Phi) is 7.21. The first-order valence-corrected chi connectivity index (χ1v) is 10.1. The lowest BCUT2D eigenvalue weighted by atomic mass is 9.70. The Hall–Kier alpha value is -1.19. The maximum absolute atomic E-state index is 12.9. The van der Waals surface area contributed by atoms with Gasteiger partial charge in [0.2, 0.25) is 5.91 Å². The predicted molar refractivity (Wildman–Crippen MR) is 99.1 cm³/mol. The highest BCUT2D eigenvalue weighted by molar-refractivity contribution is 5.88. The highest BCUT2D eigenvalue weighted by Gasteiger charge is 2.45. The summed E-state index contributed by atoms with van der Waals surface area (Å²) in [6.45, 7) is 6.93. The van der Waals surface area contributed by atoms with E-state index in [1.54, 1.807) is 0 Å². The molecule has 0 radical (unpaired) electrons. The van der Waals surface area contributed by atoms with E-state index in [4.69, 9.17) is 0 Å². The molecule has 3 atom stereocenters. The number of carbonyl (C=O) groups excluding carboxylic acids is 3. The van der Waals surface area contributed by atoms with Gasteiger partial charge in [-0.25, -0.2) is 0 Å². The molecule has 4 nitrogen and oxygen atoms in total. The number of nitrogens with one attached hydrogen (secondary N) is 1. The molecule has 142 valence electrons. The molecule has 2 rings (SSSR count). The number of carbonyl (C=O) groups is 3. The van der Waals surface area contributed by atoms with Crippen LogP contribution in [0.2, 0.25) is 0 Å². The van der Waals surface area contributed by atoms with Crippen LogP contribution in [-0.4, -0.2) is 24.0 Å². The zero-order chi connectivity index (χ0) is 18.4. The van der Waals surface area contributed by atoms with E-state index in [1.807, 2.05) is 13.8 Å². The Labute approximate surface area is 152 Å². The molecule has 2 fully saturated rings. The molecule has 0 aromatic carbocycles. The number of ketones is 2. The van der Waals surface area contributed by atoms with Gasteiger partial charge in [-0.2, -0.15) is 0 Å². The molecular weight excluding hydrogens is 314 g/mol. The zero-order valence-corrected chi connectivity index (χ0v) is 16.2. The third kappa shape index (κ3) is 5.93. The topological polar surface area (TPSA) is 63.2 Å². The molecule has 0 spiro atoms. The van der Waals surface area contributed by atoms with Crippen LogP contribution in [0.4, 0.5) is 0 Å². The lowest BCUT2D eigenvalue weighted by Crippen LogP contribution is -2.36. The first-order chi connectivity index (χ1) is 11.8. The maximum Gasteiger partial charge on any atom is 0.220 e. The van der Waals surface area contributed by atoms with E-state index < -0.39 is 0 Å². The smallest absolute Gasteiger partial charge is 0.220 e. The molecule has 0 aliphatic heterocycles. The second-order valence-corrected chi connectivity index (χ2v) is 8.96. The molecule has 2 aliphatic carbocycles. The van der Waals surface area contributed by atoms with E-state index in [-0.39, 0.29) is 40.6 Å². The largest absolute Gasteiger partial charge is 0.356 e. The molecule has 4 heteroatoms. The van der Waals surface area contributed by atoms with Gasteiger partial charge in [-0.1, -0.05) is 40.0 Å². The molecule has 1 unspecified atom stereocenters. The zero-order valence-electron chi connectivity index (χ0n) is 16.2. The second-order valence-electron chi connectivity index (χ2n) is 8.96. The lowest BCUT2D eigenvalue weighted by molar-refractivity contribution is -0.132. The number of fused-ring (bicyclic) bond motifs is 1. The lowest BCUT2D eigenvalue weighted by Gasteiger charge is -2.32. The van der Waals surface area contributed by atoms with Crippen molar-refractivity contribution in [2.45, 2.75) is 85.0 Å². The Morgan fingerprint density at radius 1 is 1.12 bits per heavy atom. The minimum atomic E-state index is -0.242. The Bertz CT molecular complexity index is 497. The van der Waals surface area contributed by atoms with E-state index in [9.17, 15) is 14.4 Å². The van der Waals surface area contributed by atoms with Crippen LogP contribution in [0.1, 0.15) is 85.0 Å². The van der Waals surface area contributed by atoms with Crippen molar-refractivity contribution in [2.75, 3.05) is 6.54 Å². The number of hydrogen-bond donors (Lipinski definition) is 1. The van der Waals surface area contributed by atoms with Crippen molar-refractivity contribution >= 4 is 17.5 Å². The summed E-state index contributed by atoms with van der Waals surface area (Å²) in [7, 11) is 0. The van der Waals surface area contributed by atoms with Crippen molar-refractivity contribution in [3.8, 4) is 0 Å². The average molecular weight is 350 g/mol. The quantitative estimate of drug-likeness (QED) is 0.705. The van der Waals surface area contributed by atoms with Crippen LogP contribution >= 0.6 is 0 Å². The molecule has 25 heavy (non-hydrogen) atoms. The number of Topliss-reactive ketones (excluding diaryl/α,β-unsaturated/α-hetero) is 2. The second kappa shape index (κ2) is 8.95. The van der Waals surface area contributed by atoms with E-state index in [2.05, 4.69) is 12.2 Å². The van der Waals surface area contributed by atoms with Gasteiger partial charge < -0.3 is 5.32 Å². The van der Waals surface area contributed by atoms with Gasteiger partial charge in [0.1, 0.15) is 11.6 Å². The van der Waals surface area contributed by atoms with Gasteiger partial charge in [0.25, 0.3) is 0 Å². The van der Waals surface area contributed by atoms with E-state index in [0.29, 0.717) is 25.7 Å². The average Bonchev–Trinajstić information content (AvgIpc) is 2.86. The van der Waals surface area contributed by atoms with Crippen LogP contribution in [0.3, 0.4) is 0 Å². The summed E-state index contributed by atoms with van der Waals surface area (Å²) in [5.74, 6) is 0.833. The fourth-order valence-corrected chi connectivity index (χ4v) is 4.80. The molecule has 2 aliphatic rings. The van der Waals surface area contributed by atoms with Crippen molar-refractivity contribution in [3.05, 3.63) is 0 Å². The van der Waals surface area contributed by atoms with Crippen molar-refractivity contribution in [1.82, 2.24) is 5.32 Å². The van der Waals surface area contributed by atoms with Gasteiger partial charge in [-0.05, 0) is 36.5 Å². The van der Waals surface area contributed by atoms with Gasteiger partial charge in [0, 0.05) is 38.1 Å². The third-order valence-electron chi connectivity index (χ3n) is 5.91. The van der Waals surface area contributed by atoms with Gasteiger partial charge in [-0.3, -0.25) is 14.4 Å². The van der Waals surface area contributed by atoms with E-state index in [1.165, 1.54) is 12.8 Å². The molecular formula is C21H35NO3. The summed E-state index contributed by atoms with van der Waals surface area (Å²) in [4.78, 5) is 37.4. The van der Waals surface area contributed by atoms with Gasteiger partial charge in [0.15, 0.2) is 0 Å². The molecule has 0 aromatic rings. The minimum Gasteiger partial charge on any atom is -0.356 e. The first-order valence-electron chi connectivity index (χ1n) is 10.1. The van der Waals surface area contributed by atoms with Crippen molar-refractivity contribution < 1.29 is 14.4 Å². The highest BCUT2D eigenvalue weighted by Crippen LogP contribution is 2.46. The fourth-order valence-electron chi connectivity index (χ4n) is 4.80. The van der Waals surface area contributed by atoms with Crippen LogP contribution in [0.15, 0.2) is 0 Å². The highest BCUT2D eigenvalue weighted by atomic mass is 16.2. The molecule has 2 saturated carbocycles. The summed E-state index contributed by atoms with van der Waals surface area (Å²) >= 11 is 0. The summed E-state index contributed by atoms with van der Waals surface area (Å²) in [6.07, 6.45) is 8.33. The van der Waals surface area contributed by atoms with Crippen molar-refractivity contribution in [2.24, 2.45) is 23.2 Å². The van der Waals surface area contributed by atoms with Crippen molar-refractivity contribution in [3.63, 3.8) is 0 Å². The van der Waals surface area contributed by atoms with Crippen LogP contribution < -0.4 is 5.32 Å². The standard InChI is InChI=1S/C21H35NO3/c1-4-5-6-7-10-22-19(25)12-16-9-8-15-11-17(23)13-21(2,3)14-18(24)20(15)16/h15-16,20H,4-14H2,1-3H3,(H,22,25)/t15-,16?,20+/m1/s1. The maximum atomic E-state index is 12.9. The SMILES string of the molecule is CCCCCCNC(=O)CC1CC[C@@H]2CC(=O)CC(C)(C)CC(=O)[C@H]12. The summed E-state index contributed by atoms with van der Waals surface area (Å²) < 4.78 is 0. The van der Waals surface area contributed by atoms with E-state index in [0.717, 1.165) is 32.2 Å². The Morgan fingerprint density at radius 3 is 2.60 bits per heavy atom. The van der Waals surface area contributed by atoms with Crippen LogP contribution in [0.5, 0.6) is 0 Å². The number of hydrogen-bond acceptors (Lipinski definition) is 3. The van der Waals surface area contributed by atoms with Gasteiger partial charge >= 0.3 is 0 Å².